The summed E-state index contributed by atoms with van der Waals surface area (Å²) in [6, 6.07) is 0. The summed E-state index contributed by atoms with van der Waals surface area (Å²) in [4.78, 5) is 15.8. The van der Waals surface area contributed by atoms with Crippen LogP contribution in [0.1, 0.15) is 22.3 Å². The second-order valence-electron chi connectivity index (χ2n) is 2.09. The second kappa shape index (κ2) is 3.87. The van der Waals surface area contributed by atoms with Crippen molar-refractivity contribution in [1.29, 1.82) is 0 Å². The molecule has 1 rings (SSSR count). The third-order valence-electron chi connectivity index (χ3n) is 1.24. The Labute approximate surface area is 79.3 Å². The van der Waals surface area contributed by atoms with Crippen molar-refractivity contribution in [2.75, 3.05) is 6.61 Å². The predicted octanol–water partition coefficient (Wildman–Crippen LogP) is 2.28. The number of rotatable bonds is 2. The average molecular weight is 206 g/mol. The van der Waals surface area contributed by atoms with E-state index in [0.717, 1.165) is 4.88 Å². The standard InChI is InChI=1S/C7H8ClNO2S/c1-3-11-6(10)5-4(2)12-7(8)9-5/h3H2,1-2H3. The zero-order valence-corrected chi connectivity index (χ0v) is 8.33. The SMILES string of the molecule is CCOC(=O)c1nc(Cl)sc1C. The first-order valence-electron chi connectivity index (χ1n) is 3.45. The number of carbonyl (C=O) groups is 1. The minimum Gasteiger partial charge on any atom is -0.461 e. The molecule has 0 spiro atoms. The lowest BCUT2D eigenvalue weighted by molar-refractivity contribution is 0.0519. The highest BCUT2D eigenvalue weighted by molar-refractivity contribution is 7.15. The van der Waals surface area contributed by atoms with E-state index in [0.29, 0.717) is 16.8 Å². The van der Waals surface area contributed by atoms with Crippen LogP contribution < -0.4 is 0 Å². The van der Waals surface area contributed by atoms with Crippen molar-refractivity contribution in [3.8, 4) is 0 Å². The molecule has 0 atom stereocenters. The van der Waals surface area contributed by atoms with Gasteiger partial charge in [0, 0.05) is 4.88 Å². The van der Waals surface area contributed by atoms with Crippen LogP contribution in [0.2, 0.25) is 4.47 Å². The molecule has 0 aliphatic rings. The van der Waals surface area contributed by atoms with E-state index in [1.54, 1.807) is 13.8 Å². The summed E-state index contributed by atoms with van der Waals surface area (Å²) >= 11 is 6.89. The molecule has 0 aromatic carbocycles. The van der Waals surface area contributed by atoms with Gasteiger partial charge in [-0.2, -0.15) is 0 Å². The number of aromatic nitrogens is 1. The fraction of sp³-hybridized carbons (Fsp3) is 0.429. The first-order chi connectivity index (χ1) is 5.65. The van der Waals surface area contributed by atoms with Gasteiger partial charge in [-0.3, -0.25) is 0 Å². The minimum atomic E-state index is -0.404. The molecule has 0 amide bonds. The normalized spacial score (nSPS) is 9.92. The van der Waals surface area contributed by atoms with Crippen LogP contribution in [-0.2, 0) is 4.74 Å². The predicted molar refractivity (Wildman–Crippen MR) is 47.8 cm³/mol. The van der Waals surface area contributed by atoms with Gasteiger partial charge in [0.25, 0.3) is 0 Å². The van der Waals surface area contributed by atoms with Crippen LogP contribution in [-0.4, -0.2) is 17.6 Å². The van der Waals surface area contributed by atoms with Crippen molar-refractivity contribution in [3.63, 3.8) is 0 Å². The molecule has 0 saturated carbocycles. The molecule has 1 aromatic rings. The van der Waals surface area contributed by atoms with Crippen LogP contribution in [0.15, 0.2) is 0 Å². The van der Waals surface area contributed by atoms with Gasteiger partial charge >= 0.3 is 5.97 Å². The van der Waals surface area contributed by atoms with E-state index in [9.17, 15) is 4.79 Å². The first-order valence-corrected chi connectivity index (χ1v) is 4.64. The minimum absolute atomic E-state index is 0.326. The lowest BCUT2D eigenvalue weighted by Crippen LogP contribution is -2.06. The Morgan fingerprint density at radius 1 is 1.75 bits per heavy atom. The van der Waals surface area contributed by atoms with E-state index in [2.05, 4.69) is 4.98 Å². The maximum Gasteiger partial charge on any atom is 0.358 e. The van der Waals surface area contributed by atoms with Crippen molar-refractivity contribution in [3.05, 3.63) is 15.0 Å². The molecule has 5 heteroatoms. The van der Waals surface area contributed by atoms with Crippen LogP contribution in [0.3, 0.4) is 0 Å². The van der Waals surface area contributed by atoms with Gasteiger partial charge in [-0.15, -0.1) is 11.3 Å². The lowest BCUT2D eigenvalue weighted by atomic mass is 10.4. The molecule has 0 N–H and O–H groups in total. The summed E-state index contributed by atoms with van der Waals surface area (Å²) in [7, 11) is 0. The monoisotopic (exact) mass is 205 g/mol. The van der Waals surface area contributed by atoms with Gasteiger partial charge in [-0.25, -0.2) is 9.78 Å². The fourth-order valence-corrected chi connectivity index (χ4v) is 1.80. The number of nitrogens with zero attached hydrogens (tertiary/aromatic N) is 1. The van der Waals surface area contributed by atoms with Gasteiger partial charge in [0.2, 0.25) is 0 Å². The molecule has 12 heavy (non-hydrogen) atoms. The molecule has 0 aliphatic carbocycles. The third-order valence-corrected chi connectivity index (χ3v) is 2.31. The number of esters is 1. The molecular formula is C7H8ClNO2S. The summed E-state index contributed by atoms with van der Waals surface area (Å²) in [5.41, 5.74) is 0.326. The Morgan fingerprint density at radius 3 is 2.83 bits per heavy atom. The molecule has 0 radical (unpaired) electrons. The molecular weight excluding hydrogens is 198 g/mol. The Hall–Kier alpha value is -0.610. The number of ether oxygens (including phenoxy) is 1. The molecule has 0 unspecified atom stereocenters. The largest absolute Gasteiger partial charge is 0.461 e. The number of thiazole rings is 1. The number of hydrogen-bond donors (Lipinski definition) is 0. The molecule has 0 bridgehead atoms. The van der Waals surface area contributed by atoms with Crippen LogP contribution in [0.25, 0.3) is 0 Å². The maximum absolute atomic E-state index is 11.1. The van der Waals surface area contributed by atoms with E-state index in [4.69, 9.17) is 16.3 Å². The zero-order chi connectivity index (χ0) is 9.14. The van der Waals surface area contributed by atoms with Crippen LogP contribution in [0, 0.1) is 6.92 Å². The van der Waals surface area contributed by atoms with Gasteiger partial charge in [0.15, 0.2) is 10.2 Å². The molecule has 0 fully saturated rings. The fourth-order valence-electron chi connectivity index (χ4n) is 0.753. The average Bonchev–Trinajstić information content (AvgIpc) is 2.30. The van der Waals surface area contributed by atoms with Gasteiger partial charge in [-0.1, -0.05) is 11.6 Å². The van der Waals surface area contributed by atoms with E-state index in [1.165, 1.54) is 11.3 Å². The Balaban J connectivity index is 2.87. The highest BCUT2D eigenvalue weighted by Crippen LogP contribution is 2.21. The van der Waals surface area contributed by atoms with Crippen LogP contribution in [0.5, 0.6) is 0 Å². The third kappa shape index (κ3) is 1.95. The maximum atomic E-state index is 11.1. The van der Waals surface area contributed by atoms with E-state index in [-0.39, 0.29) is 0 Å². The highest BCUT2D eigenvalue weighted by atomic mass is 35.5. The Kier molecular flexibility index (Phi) is 3.05. The van der Waals surface area contributed by atoms with Crippen molar-refractivity contribution < 1.29 is 9.53 Å². The second-order valence-corrected chi connectivity index (χ2v) is 3.88. The van der Waals surface area contributed by atoms with E-state index < -0.39 is 5.97 Å². The van der Waals surface area contributed by atoms with Gasteiger partial charge in [-0.05, 0) is 13.8 Å². The number of carbonyl (C=O) groups excluding carboxylic acids is 1. The number of halogens is 1. The van der Waals surface area contributed by atoms with Crippen molar-refractivity contribution in [1.82, 2.24) is 4.98 Å². The quantitative estimate of drug-likeness (QED) is 0.696. The number of hydrogen-bond acceptors (Lipinski definition) is 4. The zero-order valence-electron chi connectivity index (χ0n) is 6.76. The van der Waals surface area contributed by atoms with Crippen LogP contribution in [0.4, 0.5) is 0 Å². The Bertz CT molecular complexity index is 298. The van der Waals surface area contributed by atoms with Gasteiger partial charge in [0.1, 0.15) is 0 Å². The summed E-state index contributed by atoms with van der Waals surface area (Å²) in [6.45, 7) is 3.89. The molecule has 1 heterocycles. The molecule has 1 aromatic heterocycles. The Morgan fingerprint density at radius 2 is 2.42 bits per heavy atom. The number of aryl methyl sites for hydroxylation is 1. The first kappa shape index (κ1) is 9.48. The van der Waals surface area contributed by atoms with Crippen LogP contribution >= 0.6 is 22.9 Å². The highest BCUT2D eigenvalue weighted by Gasteiger charge is 2.14. The summed E-state index contributed by atoms with van der Waals surface area (Å²) in [5.74, 6) is -0.404. The van der Waals surface area contributed by atoms with E-state index in [1.807, 2.05) is 0 Å². The van der Waals surface area contributed by atoms with E-state index >= 15 is 0 Å². The van der Waals surface area contributed by atoms with Crippen molar-refractivity contribution in [2.24, 2.45) is 0 Å². The van der Waals surface area contributed by atoms with Crippen molar-refractivity contribution >= 4 is 28.9 Å². The molecule has 0 saturated heterocycles. The summed E-state index contributed by atoms with van der Waals surface area (Å²) in [6.07, 6.45) is 0. The van der Waals surface area contributed by atoms with Gasteiger partial charge in [0.05, 0.1) is 6.61 Å². The molecule has 0 aliphatic heterocycles. The molecule has 3 nitrogen and oxygen atoms in total. The lowest BCUT2D eigenvalue weighted by Gasteiger charge is -1.97. The summed E-state index contributed by atoms with van der Waals surface area (Å²) < 4.78 is 5.14. The molecule has 66 valence electrons. The smallest absolute Gasteiger partial charge is 0.358 e. The summed E-state index contributed by atoms with van der Waals surface area (Å²) in [5, 5.41) is 0. The van der Waals surface area contributed by atoms with Gasteiger partial charge < -0.3 is 4.74 Å². The van der Waals surface area contributed by atoms with Crippen molar-refractivity contribution in [2.45, 2.75) is 13.8 Å². The topological polar surface area (TPSA) is 39.2 Å².